The number of hydrogen-bond donors (Lipinski definition) is 1. The van der Waals surface area contributed by atoms with Gasteiger partial charge in [0.2, 0.25) is 0 Å². The van der Waals surface area contributed by atoms with Gasteiger partial charge >= 0.3 is 0 Å². The van der Waals surface area contributed by atoms with Gasteiger partial charge < -0.3 is 5.32 Å². The van der Waals surface area contributed by atoms with Crippen molar-refractivity contribution in [2.24, 2.45) is 0 Å². The Labute approximate surface area is 127 Å². The zero-order valence-electron chi connectivity index (χ0n) is 9.79. The highest BCUT2D eigenvalue weighted by atomic mass is 79.9. The van der Waals surface area contributed by atoms with Gasteiger partial charge in [0.15, 0.2) is 0 Å². The van der Waals surface area contributed by atoms with Gasteiger partial charge in [-0.1, -0.05) is 34.1 Å². The Hall–Kier alpha value is -1.20. The highest BCUT2D eigenvalue weighted by Crippen LogP contribution is 2.18. The first-order chi connectivity index (χ1) is 9.08. The van der Waals surface area contributed by atoms with Crippen LogP contribution in [0.25, 0.3) is 0 Å². The van der Waals surface area contributed by atoms with Crippen molar-refractivity contribution in [3.63, 3.8) is 0 Å². The van der Waals surface area contributed by atoms with Crippen molar-refractivity contribution >= 4 is 37.8 Å². The second-order valence-electron chi connectivity index (χ2n) is 3.91. The van der Waals surface area contributed by atoms with Crippen molar-refractivity contribution in [1.82, 2.24) is 5.32 Å². The molecule has 0 heterocycles. The van der Waals surface area contributed by atoms with E-state index in [9.17, 15) is 9.18 Å². The lowest BCUT2D eigenvalue weighted by molar-refractivity contribution is 0.0946. The van der Waals surface area contributed by atoms with Crippen molar-refractivity contribution in [2.75, 3.05) is 0 Å². The second kappa shape index (κ2) is 6.30. The first kappa shape index (κ1) is 14.2. The van der Waals surface area contributed by atoms with Gasteiger partial charge in [-0.15, -0.1) is 0 Å². The third-order valence-electron chi connectivity index (χ3n) is 2.54. The quantitative estimate of drug-likeness (QED) is 0.837. The fourth-order valence-electron chi connectivity index (χ4n) is 1.60. The predicted molar refractivity (Wildman–Crippen MR) is 79.4 cm³/mol. The molecule has 2 nitrogen and oxygen atoms in total. The molecule has 0 aliphatic carbocycles. The van der Waals surface area contributed by atoms with Gasteiger partial charge in [0.25, 0.3) is 5.91 Å². The molecule has 0 aromatic heterocycles. The fourth-order valence-corrected chi connectivity index (χ4v) is 2.42. The van der Waals surface area contributed by atoms with E-state index in [0.717, 1.165) is 10.0 Å². The first-order valence-electron chi connectivity index (χ1n) is 5.54. The molecular weight excluding hydrogens is 377 g/mol. The van der Waals surface area contributed by atoms with E-state index in [4.69, 9.17) is 0 Å². The molecule has 0 bridgehead atoms. The zero-order chi connectivity index (χ0) is 13.8. The van der Waals surface area contributed by atoms with E-state index in [-0.39, 0.29) is 10.0 Å². The van der Waals surface area contributed by atoms with E-state index >= 15 is 0 Å². The Balaban J connectivity index is 2.08. The van der Waals surface area contributed by atoms with Gasteiger partial charge in [-0.05, 0) is 45.8 Å². The van der Waals surface area contributed by atoms with E-state index in [1.54, 1.807) is 12.1 Å². The van der Waals surface area contributed by atoms with Crippen LogP contribution in [0.5, 0.6) is 0 Å². The third-order valence-corrected chi connectivity index (χ3v) is 3.64. The molecule has 0 aliphatic rings. The maximum atomic E-state index is 13.7. The standard InChI is InChI=1S/C14H10Br2FNO/c15-10-4-1-3-9(7-10)8-18-14(19)11-5-2-6-12(16)13(11)17/h1-7H,8H2,(H,18,19). The molecule has 1 amide bonds. The van der Waals surface area contributed by atoms with Crippen LogP contribution in [0, 0.1) is 5.82 Å². The van der Waals surface area contributed by atoms with Crippen LogP contribution in [0.1, 0.15) is 15.9 Å². The largest absolute Gasteiger partial charge is 0.348 e. The molecule has 0 unspecified atom stereocenters. The monoisotopic (exact) mass is 385 g/mol. The summed E-state index contributed by atoms with van der Waals surface area (Å²) in [6.45, 7) is 0.351. The Bertz CT molecular complexity index is 616. The van der Waals surface area contributed by atoms with E-state index in [0.29, 0.717) is 6.54 Å². The lowest BCUT2D eigenvalue weighted by Gasteiger charge is -2.07. The van der Waals surface area contributed by atoms with E-state index in [1.807, 2.05) is 24.3 Å². The number of carbonyl (C=O) groups excluding carboxylic acids is 1. The average Bonchev–Trinajstić information content (AvgIpc) is 2.39. The van der Waals surface area contributed by atoms with Gasteiger partial charge in [0, 0.05) is 11.0 Å². The summed E-state index contributed by atoms with van der Waals surface area (Å²) in [6.07, 6.45) is 0. The van der Waals surface area contributed by atoms with Crippen LogP contribution < -0.4 is 5.32 Å². The second-order valence-corrected chi connectivity index (χ2v) is 5.68. The van der Waals surface area contributed by atoms with Crippen LogP contribution in [0.3, 0.4) is 0 Å². The van der Waals surface area contributed by atoms with Crippen molar-refractivity contribution in [1.29, 1.82) is 0 Å². The summed E-state index contributed by atoms with van der Waals surface area (Å²) >= 11 is 6.42. The number of carbonyl (C=O) groups is 1. The minimum Gasteiger partial charge on any atom is -0.348 e. The molecule has 0 aliphatic heterocycles. The van der Waals surface area contributed by atoms with Gasteiger partial charge in [-0.3, -0.25) is 4.79 Å². The molecule has 0 radical (unpaired) electrons. The number of amides is 1. The van der Waals surface area contributed by atoms with Crippen LogP contribution >= 0.6 is 31.9 Å². The maximum absolute atomic E-state index is 13.7. The van der Waals surface area contributed by atoms with Crippen LogP contribution in [0.2, 0.25) is 0 Å². The molecule has 98 valence electrons. The van der Waals surface area contributed by atoms with Crippen LogP contribution in [0.4, 0.5) is 4.39 Å². The molecule has 2 aromatic rings. The number of nitrogens with one attached hydrogen (secondary N) is 1. The highest BCUT2D eigenvalue weighted by molar-refractivity contribution is 9.10. The van der Waals surface area contributed by atoms with Crippen molar-refractivity contribution in [3.8, 4) is 0 Å². The van der Waals surface area contributed by atoms with E-state index < -0.39 is 11.7 Å². The van der Waals surface area contributed by atoms with Gasteiger partial charge in [-0.25, -0.2) is 4.39 Å². The molecule has 0 saturated heterocycles. The Morgan fingerprint density at radius 3 is 2.63 bits per heavy atom. The summed E-state index contributed by atoms with van der Waals surface area (Å²) in [5.74, 6) is -0.979. The highest BCUT2D eigenvalue weighted by Gasteiger charge is 2.13. The Morgan fingerprint density at radius 2 is 1.89 bits per heavy atom. The molecule has 2 rings (SSSR count). The van der Waals surface area contributed by atoms with Crippen molar-refractivity contribution in [2.45, 2.75) is 6.54 Å². The van der Waals surface area contributed by atoms with Gasteiger partial charge in [-0.2, -0.15) is 0 Å². The molecule has 19 heavy (non-hydrogen) atoms. The summed E-state index contributed by atoms with van der Waals surface area (Å²) in [5, 5.41) is 2.69. The normalized spacial score (nSPS) is 10.3. The van der Waals surface area contributed by atoms with Gasteiger partial charge in [0.05, 0.1) is 10.0 Å². The first-order valence-corrected chi connectivity index (χ1v) is 7.13. The fraction of sp³-hybridized carbons (Fsp3) is 0.0714. The molecule has 1 N–H and O–H groups in total. The smallest absolute Gasteiger partial charge is 0.254 e. The summed E-state index contributed by atoms with van der Waals surface area (Å²) in [6, 6.07) is 12.2. The summed E-state index contributed by atoms with van der Waals surface area (Å²) in [7, 11) is 0. The summed E-state index contributed by atoms with van der Waals surface area (Å²) in [5.41, 5.74) is 0.975. The Kier molecular flexibility index (Phi) is 4.71. The maximum Gasteiger partial charge on any atom is 0.254 e. The topological polar surface area (TPSA) is 29.1 Å². The SMILES string of the molecule is O=C(NCc1cccc(Br)c1)c1cccc(Br)c1F. The third kappa shape index (κ3) is 3.64. The van der Waals surface area contributed by atoms with Crippen molar-refractivity contribution < 1.29 is 9.18 Å². The lowest BCUT2D eigenvalue weighted by atomic mass is 10.2. The Morgan fingerprint density at radius 1 is 1.16 bits per heavy atom. The minimum atomic E-state index is -0.547. The molecule has 2 aromatic carbocycles. The van der Waals surface area contributed by atoms with Crippen molar-refractivity contribution in [3.05, 3.63) is 68.4 Å². The minimum absolute atomic E-state index is 0.0318. The molecule has 0 fully saturated rings. The van der Waals surface area contributed by atoms with E-state index in [1.165, 1.54) is 6.07 Å². The number of halogens is 3. The summed E-state index contributed by atoms with van der Waals surface area (Å²) in [4.78, 5) is 11.9. The van der Waals surface area contributed by atoms with Gasteiger partial charge in [0.1, 0.15) is 5.82 Å². The number of hydrogen-bond acceptors (Lipinski definition) is 1. The number of rotatable bonds is 3. The average molecular weight is 387 g/mol. The molecular formula is C14H10Br2FNO. The lowest BCUT2D eigenvalue weighted by Crippen LogP contribution is -2.23. The molecule has 0 spiro atoms. The predicted octanol–water partition coefficient (Wildman–Crippen LogP) is 4.28. The zero-order valence-corrected chi connectivity index (χ0v) is 13.0. The van der Waals surface area contributed by atoms with Crippen LogP contribution in [-0.4, -0.2) is 5.91 Å². The molecule has 0 saturated carbocycles. The van der Waals surface area contributed by atoms with E-state index in [2.05, 4.69) is 37.2 Å². The van der Waals surface area contributed by atoms with Crippen LogP contribution in [-0.2, 0) is 6.54 Å². The van der Waals surface area contributed by atoms with Crippen LogP contribution in [0.15, 0.2) is 51.4 Å². The summed E-state index contributed by atoms with van der Waals surface area (Å²) < 4.78 is 14.9. The molecule has 0 atom stereocenters. The number of benzene rings is 2. The molecule has 5 heteroatoms.